The lowest BCUT2D eigenvalue weighted by atomic mass is 9.99. The molecular formula is C22H31N5O. The van der Waals surface area contributed by atoms with Crippen LogP contribution < -0.4 is 15.5 Å². The minimum Gasteiger partial charge on any atom is -0.372 e. The van der Waals surface area contributed by atoms with Gasteiger partial charge in [-0.15, -0.1) is 0 Å². The number of carbonyl (C=O) groups is 1. The van der Waals surface area contributed by atoms with E-state index in [9.17, 15) is 4.79 Å². The van der Waals surface area contributed by atoms with Crippen molar-refractivity contribution in [1.82, 2.24) is 15.3 Å². The molecular weight excluding hydrogens is 350 g/mol. The third-order valence-corrected chi connectivity index (χ3v) is 5.03. The van der Waals surface area contributed by atoms with Crippen molar-refractivity contribution in [2.75, 3.05) is 29.9 Å². The van der Waals surface area contributed by atoms with Crippen LogP contribution in [0, 0.1) is 18.8 Å². The number of hydrogen-bond donors (Lipinski definition) is 2. The van der Waals surface area contributed by atoms with Gasteiger partial charge in [-0.1, -0.05) is 20.8 Å². The summed E-state index contributed by atoms with van der Waals surface area (Å²) < 4.78 is 0. The number of benzene rings is 1. The average Bonchev–Trinajstić information content (AvgIpc) is 2.67. The molecule has 28 heavy (non-hydrogen) atoms. The van der Waals surface area contributed by atoms with E-state index in [2.05, 4.69) is 58.4 Å². The molecule has 0 spiro atoms. The molecule has 1 aliphatic rings. The van der Waals surface area contributed by atoms with Crippen LogP contribution in [0.3, 0.4) is 0 Å². The van der Waals surface area contributed by atoms with Crippen LogP contribution in [0.15, 0.2) is 30.3 Å². The first-order valence-corrected chi connectivity index (χ1v) is 10.2. The number of piperidine rings is 1. The second-order valence-electron chi connectivity index (χ2n) is 8.16. The van der Waals surface area contributed by atoms with Crippen LogP contribution >= 0.6 is 0 Å². The van der Waals surface area contributed by atoms with Gasteiger partial charge in [0, 0.05) is 36.7 Å². The van der Waals surface area contributed by atoms with Crippen molar-refractivity contribution in [3.05, 3.63) is 41.7 Å². The molecule has 1 saturated heterocycles. The lowest BCUT2D eigenvalue weighted by Crippen LogP contribution is -2.32. The van der Waals surface area contributed by atoms with Crippen LogP contribution in [0.25, 0.3) is 0 Å². The molecule has 0 bridgehead atoms. The monoisotopic (exact) mass is 381 g/mol. The van der Waals surface area contributed by atoms with E-state index >= 15 is 0 Å². The zero-order valence-corrected chi connectivity index (χ0v) is 17.3. The van der Waals surface area contributed by atoms with Gasteiger partial charge in [0.2, 0.25) is 5.95 Å². The molecule has 0 atom stereocenters. The number of amides is 1. The fourth-order valence-corrected chi connectivity index (χ4v) is 3.28. The molecule has 1 amide bonds. The Labute approximate surface area is 167 Å². The van der Waals surface area contributed by atoms with Gasteiger partial charge < -0.3 is 15.5 Å². The second kappa shape index (κ2) is 9.04. The summed E-state index contributed by atoms with van der Waals surface area (Å²) in [5, 5.41) is 6.12. The minimum absolute atomic E-state index is 0.170. The summed E-state index contributed by atoms with van der Waals surface area (Å²) in [6.07, 6.45) is 2.50. The first-order chi connectivity index (χ1) is 13.4. The van der Waals surface area contributed by atoms with Crippen molar-refractivity contribution in [3.8, 4) is 0 Å². The number of carbonyl (C=O) groups excluding carboxylic acids is 1. The van der Waals surface area contributed by atoms with Crippen molar-refractivity contribution < 1.29 is 4.79 Å². The number of hydrogen-bond acceptors (Lipinski definition) is 5. The summed E-state index contributed by atoms with van der Waals surface area (Å²) in [5.74, 6) is 1.49. The molecule has 1 aromatic heterocycles. The van der Waals surface area contributed by atoms with Gasteiger partial charge >= 0.3 is 0 Å². The number of nitrogens with one attached hydrogen (secondary N) is 2. The highest BCUT2D eigenvalue weighted by molar-refractivity contribution is 5.92. The molecule has 2 aromatic rings. The predicted octanol–water partition coefficient (Wildman–Crippen LogP) is 4.15. The van der Waals surface area contributed by atoms with Gasteiger partial charge in [0.1, 0.15) is 5.69 Å². The summed E-state index contributed by atoms with van der Waals surface area (Å²) in [7, 11) is 0. The van der Waals surface area contributed by atoms with Crippen LogP contribution in [0.2, 0.25) is 0 Å². The van der Waals surface area contributed by atoms with Crippen molar-refractivity contribution in [2.45, 2.75) is 40.5 Å². The molecule has 6 nitrogen and oxygen atoms in total. The van der Waals surface area contributed by atoms with Crippen LogP contribution in [-0.4, -0.2) is 35.5 Å². The zero-order valence-electron chi connectivity index (χ0n) is 17.3. The highest BCUT2D eigenvalue weighted by atomic mass is 16.1. The van der Waals surface area contributed by atoms with E-state index in [0.717, 1.165) is 30.4 Å². The SMILES string of the molecule is Cc1cc(C(=O)NCC(C)C)nc(Nc2ccc(N3CCC(C)CC3)cc2)n1. The van der Waals surface area contributed by atoms with Crippen molar-refractivity contribution in [3.63, 3.8) is 0 Å². The smallest absolute Gasteiger partial charge is 0.270 e. The number of aryl methyl sites for hydroxylation is 1. The Morgan fingerprint density at radius 3 is 2.50 bits per heavy atom. The summed E-state index contributed by atoms with van der Waals surface area (Å²) in [4.78, 5) is 23.5. The maximum atomic E-state index is 12.3. The maximum Gasteiger partial charge on any atom is 0.270 e. The van der Waals surface area contributed by atoms with Crippen molar-refractivity contribution in [1.29, 1.82) is 0 Å². The van der Waals surface area contributed by atoms with Crippen LogP contribution in [0.4, 0.5) is 17.3 Å². The second-order valence-corrected chi connectivity index (χ2v) is 8.16. The molecule has 0 radical (unpaired) electrons. The summed E-state index contributed by atoms with van der Waals surface area (Å²) in [6.45, 7) is 11.2. The fourth-order valence-electron chi connectivity index (χ4n) is 3.28. The van der Waals surface area contributed by atoms with E-state index in [1.165, 1.54) is 18.5 Å². The standard InChI is InChI=1S/C22H31N5O/c1-15(2)14-23-21(28)20-13-17(4)24-22(26-20)25-18-5-7-19(8-6-18)27-11-9-16(3)10-12-27/h5-8,13,15-16H,9-12,14H2,1-4H3,(H,23,28)(H,24,25,26). The summed E-state index contributed by atoms with van der Waals surface area (Å²) in [5.41, 5.74) is 3.30. The lowest BCUT2D eigenvalue weighted by Gasteiger charge is -2.32. The Morgan fingerprint density at radius 1 is 1.18 bits per heavy atom. The lowest BCUT2D eigenvalue weighted by molar-refractivity contribution is 0.0944. The molecule has 2 N–H and O–H groups in total. The summed E-state index contributed by atoms with van der Waals surface area (Å²) in [6, 6.07) is 10.0. The van der Waals surface area contributed by atoms with Gasteiger partial charge in [0.05, 0.1) is 0 Å². The molecule has 3 rings (SSSR count). The first-order valence-electron chi connectivity index (χ1n) is 10.2. The Balaban J connectivity index is 1.67. The van der Waals surface area contributed by atoms with Gasteiger partial charge in [-0.3, -0.25) is 4.79 Å². The summed E-state index contributed by atoms with van der Waals surface area (Å²) >= 11 is 0. The molecule has 6 heteroatoms. The molecule has 1 fully saturated rings. The van der Waals surface area contributed by atoms with Gasteiger partial charge in [0.15, 0.2) is 0 Å². The van der Waals surface area contributed by atoms with Gasteiger partial charge in [-0.05, 0) is 61.9 Å². The van der Waals surface area contributed by atoms with E-state index < -0.39 is 0 Å². The number of aromatic nitrogens is 2. The zero-order chi connectivity index (χ0) is 20.1. The fraction of sp³-hybridized carbons (Fsp3) is 0.500. The Morgan fingerprint density at radius 2 is 1.86 bits per heavy atom. The number of nitrogens with zero attached hydrogens (tertiary/aromatic N) is 3. The van der Waals surface area contributed by atoms with E-state index in [-0.39, 0.29) is 5.91 Å². The largest absolute Gasteiger partial charge is 0.372 e. The van der Waals surface area contributed by atoms with Crippen molar-refractivity contribution >= 4 is 23.2 Å². The minimum atomic E-state index is -0.170. The molecule has 0 aliphatic carbocycles. The third-order valence-electron chi connectivity index (χ3n) is 5.03. The number of rotatable bonds is 6. The average molecular weight is 382 g/mol. The quantitative estimate of drug-likeness (QED) is 0.787. The Hall–Kier alpha value is -2.63. The van der Waals surface area contributed by atoms with Crippen LogP contribution in [0.1, 0.15) is 49.8 Å². The molecule has 0 saturated carbocycles. The maximum absolute atomic E-state index is 12.3. The number of anilines is 3. The van der Waals surface area contributed by atoms with Gasteiger partial charge in [-0.2, -0.15) is 0 Å². The normalized spacial score (nSPS) is 15.0. The Bertz CT molecular complexity index is 795. The van der Waals surface area contributed by atoms with Crippen LogP contribution in [0.5, 0.6) is 0 Å². The van der Waals surface area contributed by atoms with Gasteiger partial charge in [0.25, 0.3) is 5.91 Å². The molecule has 1 aromatic carbocycles. The highest BCUT2D eigenvalue weighted by Gasteiger charge is 2.16. The van der Waals surface area contributed by atoms with E-state index in [4.69, 9.17) is 0 Å². The Kier molecular flexibility index (Phi) is 6.49. The topological polar surface area (TPSA) is 70.2 Å². The van der Waals surface area contributed by atoms with Crippen molar-refractivity contribution in [2.24, 2.45) is 11.8 Å². The first kappa shape index (κ1) is 20.1. The van der Waals surface area contributed by atoms with E-state index in [1.807, 2.05) is 19.1 Å². The van der Waals surface area contributed by atoms with Crippen LogP contribution in [-0.2, 0) is 0 Å². The molecule has 1 aliphatic heterocycles. The van der Waals surface area contributed by atoms with E-state index in [0.29, 0.717) is 24.1 Å². The van der Waals surface area contributed by atoms with E-state index in [1.54, 1.807) is 6.07 Å². The third kappa shape index (κ3) is 5.44. The van der Waals surface area contributed by atoms with Gasteiger partial charge in [-0.25, -0.2) is 9.97 Å². The predicted molar refractivity (Wildman–Crippen MR) is 114 cm³/mol. The molecule has 150 valence electrons. The molecule has 2 heterocycles. The highest BCUT2D eigenvalue weighted by Crippen LogP contribution is 2.25. The molecule has 0 unspecified atom stereocenters.